The van der Waals surface area contributed by atoms with Gasteiger partial charge in [-0.1, -0.05) is 23.7 Å². The van der Waals surface area contributed by atoms with Crippen LogP contribution in [0.5, 0.6) is 0 Å². The molecule has 230 valence electrons. The first-order chi connectivity index (χ1) is 20.5. The van der Waals surface area contributed by atoms with Crippen LogP contribution in [0, 0.1) is 23.7 Å². The molecule has 2 fully saturated rings. The second-order valence-electron chi connectivity index (χ2n) is 11.0. The maximum Gasteiger partial charge on any atom is 0.147 e. The predicted molar refractivity (Wildman–Crippen MR) is 152 cm³/mol. The number of aliphatic hydroxyl groups excluding tert-OH is 9. The summed E-state index contributed by atoms with van der Waals surface area (Å²) >= 11 is 0. The predicted octanol–water partition coefficient (Wildman–Crippen LogP) is -2.44. The van der Waals surface area contributed by atoms with Gasteiger partial charge in [-0.05, 0) is 43.3 Å². The lowest BCUT2D eigenvalue weighted by Crippen LogP contribution is -2.58. The average Bonchev–Trinajstić information content (AvgIpc) is 3.29. The third-order valence-electron chi connectivity index (χ3n) is 7.81. The van der Waals surface area contributed by atoms with Crippen molar-refractivity contribution in [3.05, 3.63) is 47.5 Å². The topological polar surface area (TPSA) is 205 Å². The van der Waals surface area contributed by atoms with Gasteiger partial charge in [0, 0.05) is 39.5 Å². The monoisotopic (exact) mass is 597 g/mol. The molecule has 2 saturated heterocycles. The van der Waals surface area contributed by atoms with Crippen LogP contribution in [0.25, 0.3) is 21.8 Å². The number of hydrogen-bond donors (Lipinski definition) is 9. The van der Waals surface area contributed by atoms with Crippen LogP contribution in [0.1, 0.15) is 18.1 Å². The summed E-state index contributed by atoms with van der Waals surface area (Å²) in [6.45, 7) is 0.878. The molecular weight excluding hydrogens is 562 g/mol. The fraction of sp³-hybridized carbons (Fsp3) is 0.484. The van der Waals surface area contributed by atoms with Gasteiger partial charge in [-0.3, -0.25) is 0 Å². The molecule has 0 amide bonds. The van der Waals surface area contributed by atoms with Gasteiger partial charge in [0.15, 0.2) is 0 Å². The summed E-state index contributed by atoms with van der Waals surface area (Å²) in [4.78, 5) is 0. The Bertz CT molecular complexity index is 1470. The summed E-state index contributed by atoms with van der Waals surface area (Å²) in [5, 5.41) is 91.4. The maximum absolute atomic E-state index is 10.3. The van der Waals surface area contributed by atoms with Gasteiger partial charge in [0.05, 0.1) is 19.3 Å². The zero-order valence-corrected chi connectivity index (χ0v) is 23.2. The minimum absolute atomic E-state index is 0.311. The molecule has 9 N–H and O–H groups in total. The molecule has 43 heavy (non-hydrogen) atoms. The van der Waals surface area contributed by atoms with Crippen LogP contribution in [-0.4, -0.2) is 131 Å². The molecule has 0 saturated carbocycles. The van der Waals surface area contributed by atoms with Gasteiger partial charge in [-0.15, -0.1) is 0 Å². The van der Waals surface area contributed by atoms with Gasteiger partial charge in [0.1, 0.15) is 61.0 Å². The molecule has 0 aliphatic carbocycles. The fourth-order valence-corrected chi connectivity index (χ4v) is 5.47. The van der Waals surface area contributed by atoms with E-state index in [2.05, 4.69) is 23.7 Å². The van der Waals surface area contributed by atoms with E-state index in [1.807, 2.05) is 28.8 Å². The zero-order valence-electron chi connectivity index (χ0n) is 23.2. The Balaban J connectivity index is 1.51. The number of benzene rings is 2. The average molecular weight is 598 g/mol. The Morgan fingerprint density at radius 3 is 1.47 bits per heavy atom. The van der Waals surface area contributed by atoms with E-state index in [0.29, 0.717) is 17.7 Å². The van der Waals surface area contributed by atoms with Crippen molar-refractivity contribution < 1.29 is 55.4 Å². The molecular formula is C31H35NO11. The standard InChI is InChI=1S/C31H35NO11/c1-15(35)12-32-20-6-2-16(4-8-22-26(36)30(40)28(38)24(13-33)42-22)10-18(20)19-11-17(3-7-21(19)32)5-9-23-27(37)31(41)29(39)25(14-34)43-23/h2-3,6-7,10-11,15,22-31,33-41H,12-14H2,1H3/t15?,22-,23-,24-,25-,26-,27-,28-,29-,30-,31-/m1/s1. The van der Waals surface area contributed by atoms with Crippen LogP contribution < -0.4 is 0 Å². The Hall–Kier alpha value is -3.08. The van der Waals surface area contributed by atoms with E-state index in [1.54, 1.807) is 19.1 Å². The van der Waals surface area contributed by atoms with E-state index in [0.717, 1.165) is 21.8 Å². The molecule has 2 aromatic carbocycles. The lowest BCUT2D eigenvalue weighted by molar-refractivity contribution is -0.214. The fourth-order valence-electron chi connectivity index (χ4n) is 5.47. The summed E-state index contributed by atoms with van der Waals surface area (Å²) in [7, 11) is 0. The Morgan fingerprint density at radius 2 is 1.09 bits per heavy atom. The van der Waals surface area contributed by atoms with Gasteiger partial charge < -0.3 is 60.0 Å². The Kier molecular flexibility index (Phi) is 9.39. The number of fused-ring (bicyclic) bond motifs is 3. The quantitative estimate of drug-likeness (QED) is 0.145. The van der Waals surface area contributed by atoms with Crippen LogP contribution in [0.3, 0.4) is 0 Å². The van der Waals surface area contributed by atoms with E-state index >= 15 is 0 Å². The first-order valence-electron chi connectivity index (χ1n) is 13.9. The second-order valence-corrected chi connectivity index (χ2v) is 11.0. The highest BCUT2D eigenvalue weighted by Crippen LogP contribution is 2.31. The van der Waals surface area contributed by atoms with E-state index in [1.165, 1.54) is 0 Å². The molecule has 5 rings (SSSR count). The molecule has 3 aromatic rings. The number of rotatable bonds is 4. The van der Waals surface area contributed by atoms with Crippen LogP contribution in [0.2, 0.25) is 0 Å². The van der Waals surface area contributed by atoms with Crippen molar-refractivity contribution >= 4 is 21.8 Å². The van der Waals surface area contributed by atoms with Crippen molar-refractivity contribution in [1.29, 1.82) is 0 Å². The Morgan fingerprint density at radius 1 is 0.674 bits per heavy atom. The number of nitrogens with zero attached hydrogens (tertiary/aromatic N) is 1. The minimum Gasteiger partial charge on any atom is -0.394 e. The summed E-state index contributed by atoms with van der Waals surface area (Å²) in [6.07, 6.45) is -14.1. The molecule has 2 aliphatic rings. The van der Waals surface area contributed by atoms with Crippen LogP contribution in [0.4, 0.5) is 0 Å². The highest BCUT2D eigenvalue weighted by molar-refractivity contribution is 6.09. The van der Waals surface area contributed by atoms with E-state index < -0.39 is 80.4 Å². The number of hydrogen-bond acceptors (Lipinski definition) is 11. The molecule has 12 nitrogen and oxygen atoms in total. The minimum atomic E-state index is -1.53. The molecule has 1 aromatic heterocycles. The highest BCUT2D eigenvalue weighted by atomic mass is 16.5. The number of aromatic nitrogens is 1. The molecule has 0 radical (unpaired) electrons. The van der Waals surface area contributed by atoms with Gasteiger partial charge in [0.25, 0.3) is 0 Å². The molecule has 0 bridgehead atoms. The molecule has 12 heteroatoms. The smallest absolute Gasteiger partial charge is 0.147 e. The van der Waals surface area contributed by atoms with E-state index in [-0.39, 0.29) is 0 Å². The molecule has 2 aliphatic heterocycles. The summed E-state index contributed by atoms with van der Waals surface area (Å²) in [5.74, 6) is 11.4. The number of aliphatic hydroxyl groups is 9. The summed E-state index contributed by atoms with van der Waals surface area (Å²) in [6, 6.07) is 10.8. The molecule has 11 atom stereocenters. The second kappa shape index (κ2) is 12.9. The maximum atomic E-state index is 10.3. The highest BCUT2D eigenvalue weighted by Gasteiger charge is 2.43. The van der Waals surface area contributed by atoms with Crippen molar-refractivity contribution in [3.8, 4) is 23.7 Å². The van der Waals surface area contributed by atoms with Crippen LogP contribution in [-0.2, 0) is 16.0 Å². The van der Waals surface area contributed by atoms with Crippen molar-refractivity contribution in [1.82, 2.24) is 4.57 Å². The van der Waals surface area contributed by atoms with Gasteiger partial charge in [0.2, 0.25) is 0 Å². The van der Waals surface area contributed by atoms with Crippen molar-refractivity contribution in [2.45, 2.75) is 80.6 Å². The molecule has 0 spiro atoms. The third kappa shape index (κ3) is 6.14. The summed E-state index contributed by atoms with van der Waals surface area (Å²) in [5.41, 5.74) is 2.73. The van der Waals surface area contributed by atoms with E-state index in [9.17, 15) is 46.0 Å². The largest absolute Gasteiger partial charge is 0.394 e. The van der Waals surface area contributed by atoms with Crippen molar-refractivity contribution in [2.24, 2.45) is 0 Å². The zero-order chi connectivity index (χ0) is 31.0. The van der Waals surface area contributed by atoms with Crippen LogP contribution >= 0.6 is 0 Å². The number of ether oxygens (including phenoxy) is 2. The molecule has 1 unspecified atom stereocenters. The summed E-state index contributed by atoms with van der Waals surface area (Å²) < 4.78 is 12.9. The SMILES string of the molecule is CC(O)Cn1c2ccc(C#C[C@H]3O[C@H](CO)[C@@H](O)[C@H](O)[C@@H]3O)cc2c2cc(C#C[C@H]3O[C@H](CO)[C@@H](O)[C@H](O)[C@@H]3O)ccc21. The first kappa shape index (κ1) is 31.3. The van der Waals surface area contributed by atoms with Gasteiger partial charge >= 0.3 is 0 Å². The van der Waals surface area contributed by atoms with Gasteiger partial charge in [-0.25, -0.2) is 0 Å². The lowest BCUT2D eigenvalue weighted by Gasteiger charge is -2.37. The lowest BCUT2D eigenvalue weighted by atomic mass is 9.95. The first-order valence-corrected chi connectivity index (χ1v) is 13.9. The Labute approximate surface area is 247 Å². The van der Waals surface area contributed by atoms with Gasteiger partial charge in [-0.2, -0.15) is 0 Å². The van der Waals surface area contributed by atoms with Crippen LogP contribution in [0.15, 0.2) is 36.4 Å². The molecule has 3 heterocycles. The third-order valence-corrected chi connectivity index (χ3v) is 7.81. The normalized spacial score (nSPS) is 33.4. The van der Waals surface area contributed by atoms with Crippen molar-refractivity contribution in [2.75, 3.05) is 13.2 Å². The van der Waals surface area contributed by atoms with Crippen molar-refractivity contribution in [3.63, 3.8) is 0 Å². The van der Waals surface area contributed by atoms with E-state index in [4.69, 9.17) is 9.47 Å².